The molecule has 0 fully saturated rings. The van der Waals surface area contributed by atoms with Gasteiger partial charge >= 0.3 is 6.18 Å². The third kappa shape index (κ3) is 3.79. The summed E-state index contributed by atoms with van der Waals surface area (Å²) in [6, 6.07) is 12.9. The van der Waals surface area contributed by atoms with E-state index in [9.17, 15) is 13.2 Å². The summed E-state index contributed by atoms with van der Waals surface area (Å²) in [6.07, 6.45) is -2.08. The van der Waals surface area contributed by atoms with Crippen molar-refractivity contribution in [3.8, 4) is 0 Å². The SMILES string of the molecule is FC(F)(F)c1ccc2c(NCCc3ccc(Cl)cc3)ccnc2c1. The normalized spacial score (nSPS) is 11.7. The van der Waals surface area contributed by atoms with Gasteiger partial charge in [0.25, 0.3) is 0 Å². The monoisotopic (exact) mass is 350 g/mol. The largest absolute Gasteiger partial charge is 0.416 e. The Morgan fingerprint density at radius 3 is 2.46 bits per heavy atom. The number of hydrogen-bond donors (Lipinski definition) is 1. The second-order valence-electron chi connectivity index (χ2n) is 5.39. The highest BCUT2D eigenvalue weighted by atomic mass is 35.5. The van der Waals surface area contributed by atoms with Crippen LogP contribution >= 0.6 is 11.6 Å². The third-order valence-electron chi connectivity index (χ3n) is 3.71. The van der Waals surface area contributed by atoms with E-state index in [1.807, 2.05) is 24.3 Å². The number of nitrogens with one attached hydrogen (secondary N) is 1. The van der Waals surface area contributed by atoms with E-state index < -0.39 is 11.7 Å². The van der Waals surface area contributed by atoms with Gasteiger partial charge in [0.2, 0.25) is 0 Å². The zero-order chi connectivity index (χ0) is 17.2. The first-order valence-electron chi connectivity index (χ1n) is 7.38. The molecule has 0 spiro atoms. The molecule has 24 heavy (non-hydrogen) atoms. The van der Waals surface area contributed by atoms with Crippen LogP contribution in [0.4, 0.5) is 18.9 Å². The van der Waals surface area contributed by atoms with Crippen LogP contribution < -0.4 is 5.32 Å². The first kappa shape index (κ1) is 16.6. The Morgan fingerprint density at radius 2 is 1.75 bits per heavy atom. The van der Waals surface area contributed by atoms with E-state index in [2.05, 4.69) is 10.3 Å². The molecule has 0 aliphatic rings. The van der Waals surface area contributed by atoms with Crippen LogP contribution in [0.3, 0.4) is 0 Å². The fourth-order valence-corrected chi connectivity index (χ4v) is 2.60. The predicted molar refractivity (Wildman–Crippen MR) is 90.4 cm³/mol. The molecule has 0 saturated heterocycles. The Balaban J connectivity index is 1.76. The quantitative estimate of drug-likeness (QED) is 0.666. The van der Waals surface area contributed by atoms with Crippen molar-refractivity contribution in [3.05, 3.63) is 70.9 Å². The molecule has 3 aromatic rings. The van der Waals surface area contributed by atoms with Gasteiger partial charge in [-0.05, 0) is 42.3 Å². The molecule has 2 aromatic carbocycles. The van der Waals surface area contributed by atoms with Crippen molar-refractivity contribution >= 4 is 28.2 Å². The van der Waals surface area contributed by atoms with Gasteiger partial charge < -0.3 is 5.32 Å². The van der Waals surface area contributed by atoms with E-state index in [1.165, 1.54) is 12.3 Å². The topological polar surface area (TPSA) is 24.9 Å². The lowest BCUT2D eigenvalue weighted by molar-refractivity contribution is -0.137. The van der Waals surface area contributed by atoms with Crippen molar-refractivity contribution in [1.29, 1.82) is 0 Å². The smallest absolute Gasteiger partial charge is 0.384 e. The van der Waals surface area contributed by atoms with Crippen LogP contribution in [0, 0.1) is 0 Å². The van der Waals surface area contributed by atoms with Gasteiger partial charge in [-0.1, -0.05) is 29.8 Å². The zero-order valence-electron chi connectivity index (χ0n) is 12.6. The minimum atomic E-state index is -4.37. The first-order chi connectivity index (χ1) is 11.4. The maximum absolute atomic E-state index is 12.8. The van der Waals surface area contributed by atoms with Gasteiger partial charge in [-0.25, -0.2) is 0 Å². The summed E-state index contributed by atoms with van der Waals surface area (Å²) in [5.74, 6) is 0. The third-order valence-corrected chi connectivity index (χ3v) is 3.96. The van der Waals surface area contributed by atoms with Gasteiger partial charge in [0.15, 0.2) is 0 Å². The molecule has 1 N–H and O–H groups in total. The van der Waals surface area contributed by atoms with Crippen molar-refractivity contribution in [2.24, 2.45) is 0 Å². The van der Waals surface area contributed by atoms with Crippen LogP contribution in [0.25, 0.3) is 10.9 Å². The van der Waals surface area contributed by atoms with Crippen LogP contribution in [0.2, 0.25) is 5.02 Å². The number of aromatic nitrogens is 1. The molecule has 0 amide bonds. The van der Waals surface area contributed by atoms with Crippen molar-refractivity contribution in [3.63, 3.8) is 0 Å². The average molecular weight is 351 g/mol. The van der Waals surface area contributed by atoms with E-state index in [1.54, 1.807) is 6.07 Å². The summed E-state index contributed by atoms with van der Waals surface area (Å²) in [7, 11) is 0. The molecule has 1 aromatic heterocycles. The maximum Gasteiger partial charge on any atom is 0.416 e. The average Bonchev–Trinajstić information content (AvgIpc) is 2.55. The van der Waals surface area contributed by atoms with E-state index in [0.29, 0.717) is 22.5 Å². The van der Waals surface area contributed by atoms with Crippen LogP contribution in [-0.2, 0) is 12.6 Å². The van der Waals surface area contributed by atoms with E-state index in [-0.39, 0.29) is 0 Å². The van der Waals surface area contributed by atoms with E-state index in [4.69, 9.17) is 11.6 Å². The summed E-state index contributed by atoms with van der Waals surface area (Å²) in [5, 5.41) is 4.61. The molecule has 0 atom stereocenters. The highest BCUT2D eigenvalue weighted by Crippen LogP contribution is 2.32. The van der Waals surface area contributed by atoms with Gasteiger partial charge in [-0.15, -0.1) is 0 Å². The number of halogens is 4. The highest BCUT2D eigenvalue weighted by molar-refractivity contribution is 6.30. The molecule has 6 heteroatoms. The number of hydrogen-bond acceptors (Lipinski definition) is 2. The van der Waals surface area contributed by atoms with Crippen molar-refractivity contribution in [1.82, 2.24) is 4.98 Å². The molecule has 0 bridgehead atoms. The molecular weight excluding hydrogens is 337 g/mol. The first-order valence-corrected chi connectivity index (χ1v) is 7.75. The lowest BCUT2D eigenvalue weighted by Gasteiger charge is -2.11. The standard InChI is InChI=1S/C18H14ClF3N2/c19-14-4-1-12(2-5-14)7-9-23-16-8-10-24-17-11-13(18(20,21)22)3-6-15(16)17/h1-6,8,10-11H,7,9H2,(H,23,24). The number of benzene rings is 2. The summed E-state index contributed by atoms with van der Waals surface area (Å²) >= 11 is 5.85. The Kier molecular flexibility index (Phi) is 4.62. The van der Waals surface area contributed by atoms with Crippen molar-refractivity contribution < 1.29 is 13.2 Å². The molecule has 124 valence electrons. The van der Waals surface area contributed by atoms with Crippen molar-refractivity contribution in [2.75, 3.05) is 11.9 Å². The maximum atomic E-state index is 12.8. The summed E-state index contributed by atoms with van der Waals surface area (Å²) in [4.78, 5) is 4.04. The number of anilines is 1. The van der Waals surface area contributed by atoms with Crippen LogP contribution in [-0.4, -0.2) is 11.5 Å². The van der Waals surface area contributed by atoms with Crippen LogP contribution in [0.1, 0.15) is 11.1 Å². The fourth-order valence-electron chi connectivity index (χ4n) is 2.47. The molecule has 0 radical (unpaired) electrons. The molecule has 2 nitrogen and oxygen atoms in total. The predicted octanol–water partition coefficient (Wildman–Crippen LogP) is 5.56. The second kappa shape index (κ2) is 6.69. The van der Waals surface area contributed by atoms with Gasteiger partial charge in [-0.2, -0.15) is 13.2 Å². The highest BCUT2D eigenvalue weighted by Gasteiger charge is 2.30. The molecule has 0 unspecified atom stereocenters. The Bertz CT molecular complexity index is 845. The van der Waals surface area contributed by atoms with Crippen LogP contribution in [0.5, 0.6) is 0 Å². The number of nitrogens with zero attached hydrogens (tertiary/aromatic N) is 1. The van der Waals surface area contributed by atoms with E-state index in [0.717, 1.165) is 29.8 Å². The van der Waals surface area contributed by atoms with Crippen LogP contribution in [0.15, 0.2) is 54.7 Å². The van der Waals surface area contributed by atoms with E-state index >= 15 is 0 Å². The molecule has 0 aliphatic carbocycles. The fraction of sp³-hybridized carbons (Fsp3) is 0.167. The lowest BCUT2D eigenvalue weighted by atomic mass is 10.1. The van der Waals surface area contributed by atoms with Gasteiger partial charge in [0.1, 0.15) is 0 Å². The number of rotatable bonds is 4. The molecule has 1 heterocycles. The van der Waals surface area contributed by atoms with Gasteiger partial charge in [0.05, 0.1) is 11.1 Å². The minimum absolute atomic E-state index is 0.321. The number of fused-ring (bicyclic) bond motifs is 1. The molecule has 3 rings (SSSR count). The number of pyridine rings is 1. The summed E-state index contributed by atoms with van der Waals surface area (Å²) < 4.78 is 38.3. The molecule has 0 saturated carbocycles. The minimum Gasteiger partial charge on any atom is -0.384 e. The molecular formula is C18H14ClF3N2. The summed E-state index contributed by atoms with van der Waals surface area (Å²) in [6.45, 7) is 0.655. The Hall–Kier alpha value is -2.27. The summed E-state index contributed by atoms with van der Waals surface area (Å²) in [5.41, 5.74) is 1.52. The Morgan fingerprint density at radius 1 is 1.00 bits per heavy atom. The van der Waals surface area contributed by atoms with Gasteiger partial charge in [0, 0.05) is 28.8 Å². The molecule has 0 aliphatic heterocycles. The lowest BCUT2D eigenvalue weighted by Crippen LogP contribution is -2.07. The van der Waals surface area contributed by atoms with Crippen molar-refractivity contribution in [2.45, 2.75) is 12.6 Å². The number of alkyl halides is 3. The zero-order valence-corrected chi connectivity index (χ0v) is 13.3. The second-order valence-corrected chi connectivity index (χ2v) is 5.83. The Labute approximate surface area is 142 Å². The van der Waals surface area contributed by atoms with Gasteiger partial charge in [-0.3, -0.25) is 4.98 Å².